The van der Waals surface area contributed by atoms with Crippen molar-refractivity contribution < 1.29 is 26.3 Å². The Balaban J connectivity index is 3.07. The summed E-state index contributed by atoms with van der Waals surface area (Å²) in [5, 5.41) is 0. The summed E-state index contributed by atoms with van der Waals surface area (Å²) >= 11 is 3.49. The van der Waals surface area contributed by atoms with Gasteiger partial charge in [-0.15, -0.1) is 11.3 Å². The molecule has 0 radical (unpaired) electrons. The highest BCUT2D eigenvalue weighted by Gasteiger charge is 2.60. The van der Waals surface area contributed by atoms with Crippen molar-refractivity contribution >= 4 is 27.3 Å². The van der Waals surface area contributed by atoms with Crippen molar-refractivity contribution in [3.63, 3.8) is 0 Å². The highest BCUT2D eigenvalue weighted by molar-refractivity contribution is 9.09. The third kappa shape index (κ3) is 3.63. The van der Waals surface area contributed by atoms with Crippen LogP contribution < -0.4 is 0 Å². The smallest absolute Gasteiger partial charge is 0.170 e. The lowest BCUT2D eigenvalue weighted by Crippen LogP contribution is -2.39. The number of hydrogen-bond donors (Lipinski definition) is 0. The Labute approximate surface area is 112 Å². The quantitative estimate of drug-likeness (QED) is 0.497. The standard InChI is InChI=1S/C10H9BrF6S/c1-2-5-3-4-6(18-5)7(11)8(9(12,13)14)10(15,16)17/h3-4,7-8H,2H2,1H3. The van der Waals surface area contributed by atoms with Gasteiger partial charge < -0.3 is 0 Å². The van der Waals surface area contributed by atoms with E-state index in [0.29, 0.717) is 6.42 Å². The first-order chi connectivity index (χ1) is 8.07. The third-order valence-electron chi connectivity index (χ3n) is 2.30. The molecule has 0 nitrogen and oxygen atoms in total. The molecule has 104 valence electrons. The lowest BCUT2D eigenvalue weighted by Gasteiger charge is -2.26. The molecule has 1 aromatic heterocycles. The maximum absolute atomic E-state index is 12.5. The predicted molar refractivity (Wildman–Crippen MR) is 61.0 cm³/mol. The molecule has 0 amide bonds. The Bertz CT molecular complexity index is 380. The van der Waals surface area contributed by atoms with Gasteiger partial charge in [-0.3, -0.25) is 0 Å². The molecule has 0 aromatic carbocycles. The van der Waals surface area contributed by atoms with E-state index >= 15 is 0 Å². The van der Waals surface area contributed by atoms with Crippen LogP contribution in [0.25, 0.3) is 0 Å². The molecule has 1 atom stereocenters. The van der Waals surface area contributed by atoms with Crippen LogP contribution in [0.5, 0.6) is 0 Å². The van der Waals surface area contributed by atoms with Crippen molar-refractivity contribution in [3.8, 4) is 0 Å². The summed E-state index contributed by atoms with van der Waals surface area (Å²) in [6.45, 7) is 1.78. The van der Waals surface area contributed by atoms with E-state index in [0.717, 1.165) is 16.2 Å². The van der Waals surface area contributed by atoms with Gasteiger partial charge in [-0.25, -0.2) is 0 Å². The van der Waals surface area contributed by atoms with Crippen LogP contribution in [-0.4, -0.2) is 12.4 Å². The fourth-order valence-electron chi connectivity index (χ4n) is 1.41. The van der Waals surface area contributed by atoms with Crippen LogP contribution in [0, 0.1) is 5.92 Å². The molecule has 18 heavy (non-hydrogen) atoms. The highest BCUT2D eigenvalue weighted by Crippen LogP contribution is 2.51. The van der Waals surface area contributed by atoms with Gasteiger partial charge >= 0.3 is 12.4 Å². The molecule has 1 heterocycles. The van der Waals surface area contributed by atoms with Gasteiger partial charge in [-0.2, -0.15) is 26.3 Å². The molecular formula is C10H9BrF6S. The summed E-state index contributed by atoms with van der Waals surface area (Å²) in [4.78, 5) is -1.02. The minimum absolute atomic E-state index is 0.0338. The summed E-state index contributed by atoms with van der Waals surface area (Å²) in [6, 6.07) is 2.84. The van der Waals surface area contributed by atoms with E-state index in [4.69, 9.17) is 0 Å². The van der Waals surface area contributed by atoms with E-state index in [1.54, 1.807) is 6.92 Å². The van der Waals surface area contributed by atoms with Gasteiger partial charge in [-0.05, 0) is 18.6 Å². The van der Waals surface area contributed by atoms with Crippen molar-refractivity contribution in [1.82, 2.24) is 0 Å². The summed E-state index contributed by atoms with van der Waals surface area (Å²) in [5.41, 5.74) is 0. The molecule has 1 rings (SSSR count). The van der Waals surface area contributed by atoms with Crippen LogP contribution >= 0.6 is 27.3 Å². The van der Waals surface area contributed by atoms with E-state index in [-0.39, 0.29) is 4.88 Å². The van der Waals surface area contributed by atoms with E-state index in [2.05, 4.69) is 15.9 Å². The predicted octanol–water partition coefficient (Wildman–Crippen LogP) is 5.49. The molecule has 8 heteroatoms. The van der Waals surface area contributed by atoms with E-state index < -0.39 is 23.1 Å². The van der Waals surface area contributed by atoms with Gasteiger partial charge in [0.2, 0.25) is 0 Å². The first-order valence-corrected chi connectivity index (χ1v) is 6.66. The second-order valence-electron chi connectivity index (χ2n) is 3.62. The second kappa shape index (κ2) is 5.40. The molecule has 0 saturated heterocycles. The van der Waals surface area contributed by atoms with Crippen molar-refractivity contribution in [2.45, 2.75) is 30.5 Å². The molecule has 1 unspecified atom stereocenters. The molecule has 0 spiro atoms. The topological polar surface area (TPSA) is 0 Å². The van der Waals surface area contributed by atoms with Crippen molar-refractivity contribution in [2.24, 2.45) is 5.92 Å². The first-order valence-electron chi connectivity index (χ1n) is 4.93. The average molecular weight is 355 g/mol. The number of rotatable bonds is 3. The van der Waals surface area contributed by atoms with Crippen LogP contribution in [0.2, 0.25) is 0 Å². The monoisotopic (exact) mass is 354 g/mol. The van der Waals surface area contributed by atoms with Crippen LogP contribution in [0.4, 0.5) is 26.3 Å². The zero-order valence-corrected chi connectivity index (χ0v) is 11.5. The molecule has 1 aromatic rings. The number of alkyl halides is 7. The highest BCUT2D eigenvalue weighted by atomic mass is 79.9. The molecule has 0 bridgehead atoms. The summed E-state index contributed by atoms with van der Waals surface area (Å²) in [6.07, 6.45) is -10.1. The Morgan fingerprint density at radius 2 is 1.61 bits per heavy atom. The Morgan fingerprint density at radius 3 is 1.94 bits per heavy atom. The maximum Gasteiger partial charge on any atom is 0.401 e. The normalized spacial score (nSPS) is 15.2. The fraction of sp³-hybridized carbons (Fsp3) is 0.600. The van der Waals surface area contributed by atoms with Gasteiger partial charge in [0.05, 0.1) is 4.83 Å². The van der Waals surface area contributed by atoms with Gasteiger partial charge in [-0.1, -0.05) is 22.9 Å². The van der Waals surface area contributed by atoms with Crippen molar-refractivity contribution in [3.05, 3.63) is 21.9 Å². The maximum atomic E-state index is 12.5. The average Bonchev–Trinajstić information content (AvgIpc) is 2.60. The molecule has 0 aliphatic rings. The SMILES string of the molecule is CCc1ccc(C(Br)C(C(F)(F)F)C(F)(F)F)s1. The molecule has 0 aliphatic heterocycles. The van der Waals surface area contributed by atoms with Gasteiger partial charge in [0.25, 0.3) is 0 Å². The van der Waals surface area contributed by atoms with E-state index in [1.165, 1.54) is 12.1 Å². The Kier molecular flexibility index (Phi) is 4.75. The van der Waals surface area contributed by atoms with Crippen molar-refractivity contribution in [1.29, 1.82) is 0 Å². The number of thiophene rings is 1. The first kappa shape index (κ1) is 15.8. The molecular weight excluding hydrogens is 346 g/mol. The summed E-state index contributed by atoms with van der Waals surface area (Å²) < 4.78 is 75.0. The molecule has 0 N–H and O–H groups in total. The van der Waals surface area contributed by atoms with E-state index in [9.17, 15) is 26.3 Å². The lowest BCUT2D eigenvalue weighted by molar-refractivity contribution is -0.283. The second-order valence-corrected chi connectivity index (χ2v) is 5.81. The number of hydrogen-bond acceptors (Lipinski definition) is 1. The van der Waals surface area contributed by atoms with Crippen molar-refractivity contribution in [2.75, 3.05) is 0 Å². The van der Waals surface area contributed by atoms with Crippen LogP contribution in [0.1, 0.15) is 21.5 Å². The summed E-state index contributed by atoms with van der Waals surface area (Å²) in [7, 11) is 0. The number of aryl methyl sites for hydroxylation is 1. The van der Waals surface area contributed by atoms with Crippen LogP contribution in [0.15, 0.2) is 12.1 Å². The molecule has 0 saturated carbocycles. The zero-order valence-electron chi connectivity index (χ0n) is 9.07. The minimum atomic E-state index is -5.33. The van der Waals surface area contributed by atoms with Gasteiger partial charge in [0.1, 0.15) is 0 Å². The van der Waals surface area contributed by atoms with Crippen LogP contribution in [-0.2, 0) is 6.42 Å². The third-order valence-corrected chi connectivity index (χ3v) is 4.94. The Morgan fingerprint density at radius 1 is 1.11 bits per heavy atom. The van der Waals surface area contributed by atoms with Gasteiger partial charge in [0, 0.05) is 9.75 Å². The molecule has 0 aliphatic carbocycles. The van der Waals surface area contributed by atoms with Gasteiger partial charge in [0.15, 0.2) is 5.92 Å². The number of halogens is 7. The largest absolute Gasteiger partial charge is 0.401 e. The van der Waals surface area contributed by atoms with Crippen LogP contribution in [0.3, 0.4) is 0 Å². The lowest BCUT2D eigenvalue weighted by atomic mass is 10.0. The van der Waals surface area contributed by atoms with E-state index in [1.807, 2.05) is 0 Å². The summed E-state index contributed by atoms with van der Waals surface area (Å²) in [5.74, 6) is -3.40. The minimum Gasteiger partial charge on any atom is -0.170 e. The Hall–Kier alpha value is -0.240. The zero-order chi connectivity index (χ0) is 14.1. The fourth-order valence-corrected chi connectivity index (χ4v) is 3.41. The molecule has 0 fully saturated rings.